The lowest BCUT2D eigenvalue weighted by molar-refractivity contribution is -0.0590. The number of nitrogens with zero attached hydrogens (tertiary/aromatic N) is 3. The van der Waals surface area contributed by atoms with Crippen LogP contribution in [0.25, 0.3) is 0 Å². The van der Waals surface area contributed by atoms with E-state index < -0.39 is 17.7 Å². The summed E-state index contributed by atoms with van der Waals surface area (Å²) in [6, 6.07) is 11.9. The van der Waals surface area contributed by atoms with E-state index in [1.807, 2.05) is 18.2 Å². The number of ether oxygens (including phenoxy) is 2. The highest BCUT2D eigenvalue weighted by Gasteiger charge is 2.32. The Balaban J connectivity index is 1.36. The third kappa shape index (κ3) is 5.33. The van der Waals surface area contributed by atoms with Crippen molar-refractivity contribution in [2.24, 2.45) is 4.99 Å². The van der Waals surface area contributed by atoms with Crippen LogP contribution in [0.5, 0.6) is 11.5 Å². The van der Waals surface area contributed by atoms with Gasteiger partial charge >= 0.3 is 6.18 Å². The fraction of sp³-hybridized carbons (Fsp3) is 0.348. The number of benzene rings is 2. The largest absolute Gasteiger partial charge is 0.454 e. The van der Waals surface area contributed by atoms with Gasteiger partial charge in [-0.1, -0.05) is 18.2 Å². The number of hydrogen-bond acceptors (Lipinski definition) is 5. The third-order valence-corrected chi connectivity index (χ3v) is 5.58. The van der Waals surface area contributed by atoms with Crippen LogP contribution in [-0.4, -0.2) is 66.4 Å². The molecule has 0 unspecified atom stereocenters. The van der Waals surface area contributed by atoms with Gasteiger partial charge in [-0.15, -0.1) is 0 Å². The van der Waals surface area contributed by atoms with E-state index in [1.54, 1.807) is 17.0 Å². The first kappa shape index (κ1) is 22.8. The van der Waals surface area contributed by atoms with Crippen LogP contribution in [0.2, 0.25) is 0 Å². The van der Waals surface area contributed by atoms with Crippen LogP contribution >= 0.6 is 0 Å². The maximum absolute atomic E-state index is 12.9. The maximum atomic E-state index is 12.9. The second kappa shape index (κ2) is 9.22. The molecule has 1 saturated heterocycles. The number of piperazine rings is 1. The van der Waals surface area contributed by atoms with Crippen LogP contribution in [-0.2, 0) is 6.54 Å². The van der Waals surface area contributed by atoms with Crippen LogP contribution in [0.3, 0.4) is 0 Å². The Morgan fingerprint density at radius 3 is 2.45 bits per heavy atom. The lowest BCUT2D eigenvalue weighted by Gasteiger charge is -2.34. The molecule has 0 bridgehead atoms. The van der Waals surface area contributed by atoms with Gasteiger partial charge in [0.25, 0.3) is 5.91 Å². The summed E-state index contributed by atoms with van der Waals surface area (Å²) in [4.78, 5) is 20.2. The Hall–Kier alpha value is -3.40. The minimum Gasteiger partial charge on any atom is -0.454 e. The molecule has 4 rings (SSSR count). The molecule has 0 aliphatic carbocycles. The molecule has 2 aliphatic rings. The lowest BCUT2D eigenvalue weighted by Crippen LogP contribution is -2.48. The minimum absolute atomic E-state index is 0.158. The highest BCUT2D eigenvalue weighted by molar-refractivity contribution is 6.07. The van der Waals surface area contributed by atoms with E-state index in [9.17, 15) is 18.0 Å². The van der Waals surface area contributed by atoms with Crippen LogP contribution in [0.15, 0.2) is 47.5 Å². The Bertz CT molecular complexity index is 1090. The molecule has 33 heavy (non-hydrogen) atoms. The van der Waals surface area contributed by atoms with Crippen molar-refractivity contribution in [1.82, 2.24) is 9.80 Å². The number of carbonyl (C=O) groups excluding carboxylic acids is 1. The van der Waals surface area contributed by atoms with Crippen molar-refractivity contribution in [3.05, 3.63) is 59.2 Å². The number of fused-ring (bicyclic) bond motifs is 1. The number of alkyl halides is 3. The van der Waals surface area contributed by atoms with E-state index in [0.717, 1.165) is 30.5 Å². The van der Waals surface area contributed by atoms with E-state index in [0.29, 0.717) is 31.7 Å². The van der Waals surface area contributed by atoms with Crippen molar-refractivity contribution < 1.29 is 27.4 Å². The molecule has 7 nitrogen and oxygen atoms in total. The van der Waals surface area contributed by atoms with Crippen molar-refractivity contribution in [3.63, 3.8) is 0 Å². The van der Waals surface area contributed by atoms with Gasteiger partial charge in [-0.05, 0) is 36.8 Å². The summed E-state index contributed by atoms with van der Waals surface area (Å²) in [6.45, 7) is 4.19. The van der Waals surface area contributed by atoms with Crippen molar-refractivity contribution in [2.75, 3.05) is 33.0 Å². The van der Waals surface area contributed by atoms with E-state index >= 15 is 0 Å². The van der Waals surface area contributed by atoms with Crippen LogP contribution in [0.4, 0.5) is 13.2 Å². The first-order chi connectivity index (χ1) is 15.7. The normalized spacial score (nSPS) is 16.7. The smallest absolute Gasteiger partial charge is 0.429 e. The van der Waals surface area contributed by atoms with Gasteiger partial charge < -0.3 is 14.4 Å². The van der Waals surface area contributed by atoms with Gasteiger partial charge in [0.15, 0.2) is 17.3 Å². The van der Waals surface area contributed by atoms with E-state index in [1.165, 1.54) is 12.1 Å². The topological polar surface area (TPSA) is 78.2 Å². The van der Waals surface area contributed by atoms with Gasteiger partial charge in [0, 0.05) is 43.9 Å². The van der Waals surface area contributed by atoms with Gasteiger partial charge in [-0.25, -0.2) is 4.99 Å². The summed E-state index contributed by atoms with van der Waals surface area (Å²) in [6.07, 6.45) is -4.60. The molecule has 2 heterocycles. The average Bonchev–Trinajstić information content (AvgIpc) is 3.26. The molecule has 0 aromatic heterocycles. The molecule has 0 atom stereocenters. The van der Waals surface area contributed by atoms with E-state index in [-0.39, 0.29) is 18.3 Å². The molecular weight excluding hydrogens is 437 g/mol. The zero-order valence-electron chi connectivity index (χ0n) is 18.0. The molecule has 0 radical (unpaired) electrons. The average molecular weight is 460 g/mol. The molecule has 10 heteroatoms. The standard InChI is InChI=1S/C23H23F3N4O3/c1-15(23(24,25)26)28-21(27)17-3-2-4-18(12-17)22(31)30-9-7-29(8-10-30)13-16-5-6-19-20(11-16)33-14-32-19/h2-6,11-12,27H,7-10,13-14H2,1H3. The molecule has 1 amide bonds. The summed E-state index contributed by atoms with van der Waals surface area (Å²) in [5, 5.41) is 7.87. The molecule has 2 aromatic carbocycles. The lowest BCUT2D eigenvalue weighted by atomic mass is 10.1. The van der Waals surface area contributed by atoms with Crippen LogP contribution in [0.1, 0.15) is 28.4 Å². The number of aliphatic imine (C=N–C) groups is 1. The molecule has 0 saturated carbocycles. The monoisotopic (exact) mass is 460 g/mol. The molecule has 2 aliphatic heterocycles. The van der Waals surface area contributed by atoms with Gasteiger partial charge in [0.2, 0.25) is 6.79 Å². The Morgan fingerprint density at radius 1 is 1.03 bits per heavy atom. The Kier molecular flexibility index (Phi) is 6.37. The minimum atomic E-state index is -4.60. The Labute approximate surface area is 188 Å². The zero-order valence-corrected chi connectivity index (χ0v) is 18.0. The molecule has 0 spiro atoms. The predicted molar refractivity (Wildman–Crippen MR) is 116 cm³/mol. The number of rotatable bonds is 4. The highest BCUT2D eigenvalue weighted by Crippen LogP contribution is 2.32. The fourth-order valence-corrected chi connectivity index (χ4v) is 3.68. The number of hydrogen-bond donors (Lipinski definition) is 1. The second-order valence-electron chi connectivity index (χ2n) is 7.88. The second-order valence-corrected chi connectivity index (χ2v) is 7.88. The summed E-state index contributed by atoms with van der Waals surface area (Å²) < 4.78 is 48.8. The first-order valence-corrected chi connectivity index (χ1v) is 10.4. The number of halogens is 3. The zero-order chi connectivity index (χ0) is 23.6. The van der Waals surface area contributed by atoms with E-state index in [4.69, 9.17) is 14.9 Å². The van der Waals surface area contributed by atoms with Crippen molar-refractivity contribution >= 4 is 17.5 Å². The molecule has 2 aromatic rings. The molecule has 1 N–H and O–H groups in total. The maximum Gasteiger partial charge on any atom is 0.429 e. The number of amides is 1. The summed E-state index contributed by atoms with van der Waals surface area (Å²) in [5.41, 5.74) is 0.468. The van der Waals surface area contributed by atoms with Crippen molar-refractivity contribution in [1.29, 1.82) is 5.41 Å². The number of amidine groups is 1. The third-order valence-electron chi connectivity index (χ3n) is 5.58. The highest BCUT2D eigenvalue weighted by atomic mass is 19.4. The fourth-order valence-electron chi connectivity index (χ4n) is 3.68. The van der Waals surface area contributed by atoms with Crippen molar-refractivity contribution in [2.45, 2.75) is 19.6 Å². The van der Waals surface area contributed by atoms with Gasteiger partial charge in [-0.3, -0.25) is 15.1 Å². The van der Waals surface area contributed by atoms with Gasteiger partial charge in [0.1, 0.15) is 5.71 Å². The molecule has 1 fully saturated rings. The summed E-state index contributed by atoms with van der Waals surface area (Å²) in [7, 11) is 0. The van der Waals surface area contributed by atoms with Gasteiger partial charge in [-0.2, -0.15) is 13.2 Å². The number of carbonyl (C=O) groups is 1. The van der Waals surface area contributed by atoms with Gasteiger partial charge in [0.05, 0.1) is 0 Å². The summed E-state index contributed by atoms with van der Waals surface area (Å²) >= 11 is 0. The Morgan fingerprint density at radius 2 is 1.73 bits per heavy atom. The first-order valence-electron chi connectivity index (χ1n) is 10.4. The quantitative estimate of drug-likeness (QED) is 0.557. The SMILES string of the molecule is CC(=NC(=N)c1cccc(C(=O)N2CCN(Cc3ccc4c(c3)OCO4)CC2)c1)C(F)(F)F. The summed E-state index contributed by atoms with van der Waals surface area (Å²) in [5.74, 6) is 0.724. The van der Waals surface area contributed by atoms with Crippen LogP contribution in [0, 0.1) is 5.41 Å². The predicted octanol–water partition coefficient (Wildman–Crippen LogP) is 3.72. The molecule has 174 valence electrons. The van der Waals surface area contributed by atoms with Crippen molar-refractivity contribution in [3.8, 4) is 11.5 Å². The van der Waals surface area contributed by atoms with Crippen LogP contribution < -0.4 is 9.47 Å². The number of nitrogens with one attached hydrogen (secondary N) is 1. The molecular formula is C23H23F3N4O3. The van der Waals surface area contributed by atoms with E-state index in [2.05, 4.69) is 9.89 Å².